The molecule has 1 aliphatic heterocycles. The smallest absolute Gasteiger partial charge is 0.289 e. The van der Waals surface area contributed by atoms with Crippen molar-refractivity contribution < 1.29 is 13.6 Å². The van der Waals surface area contributed by atoms with Gasteiger partial charge >= 0.3 is 0 Å². The van der Waals surface area contributed by atoms with E-state index in [2.05, 4.69) is 35.9 Å². The number of likely N-dealkylation sites (N-methyl/N-ethyl adjacent to an activating group) is 1. The van der Waals surface area contributed by atoms with E-state index in [9.17, 15) is 4.79 Å². The summed E-state index contributed by atoms with van der Waals surface area (Å²) >= 11 is 0. The quantitative estimate of drug-likeness (QED) is 0.528. The molecule has 1 amide bonds. The Morgan fingerprint density at radius 3 is 2.30 bits per heavy atom. The van der Waals surface area contributed by atoms with Gasteiger partial charge in [-0.3, -0.25) is 14.7 Å². The molecule has 8 nitrogen and oxygen atoms in total. The number of hydrogen-bond acceptors (Lipinski definition) is 5. The zero-order valence-corrected chi connectivity index (χ0v) is 18.2. The highest BCUT2D eigenvalue weighted by atomic mass is 16.3. The summed E-state index contributed by atoms with van der Waals surface area (Å²) in [4.78, 5) is 23.8. The molecule has 2 aromatic heterocycles. The van der Waals surface area contributed by atoms with Crippen molar-refractivity contribution in [1.29, 1.82) is 0 Å². The minimum atomic E-state index is -0.0546. The van der Waals surface area contributed by atoms with Crippen LogP contribution in [-0.2, 0) is 0 Å². The number of furan rings is 2. The molecule has 0 spiro atoms. The summed E-state index contributed by atoms with van der Waals surface area (Å²) in [6, 6.07) is 7.50. The number of amides is 1. The monoisotopic (exact) mass is 415 g/mol. The van der Waals surface area contributed by atoms with Gasteiger partial charge in [-0.1, -0.05) is 13.8 Å². The van der Waals surface area contributed by atoms with E-state index in [4.69, 9.17) is 13.8 Å². The average molecular weight is 416 g/mol. The Hall–Kier alpha value is -2.74. The fraction of sp³-hybridized carbons (Fsp3) is 0.545. The van der Waals surface area contributed by atoms with Gasteiger partial charge < -0.3 is 24.0 Å². The average Bonchev–Trinajstić information content (AvgIpc) is 3.50. The molecule has 0 aromatic carbocycles. The third-order valence-electron chi connectivity index (χ3n) is 5.47. The molecule has 1 aliphatic rings. The van der Waals surface area contributed by atoms with Crippen LogP contribution < -0.4 is 5.32 Å². The van der Waals surface area contributed by atoms with Gasteiger partial charge in [-0.25, -0.2) is 0 Å². The van der Waals surface area contributed by atoms with Crippen molar-refractivity contribution in [3.05, 3.63) is 48.3 Å². The van der Waals surface area contributed by atoms with Crippen LogP contribution in [0.1, 0.15) is 43.1 Å². The second-order valence-corrected chi connectivity index (χ2v) is 7.20. The highest BCUT2D eigenvalue weighted by Crippen LogP contribution is 2.21. The van der Waals surface area contributed by atoms with E-state index in [1.807, 2.05) is 17.0 Å². The molecule has 30 heavy (non-hydrogen) atoms. The summed E-state index contributed by atoms with van der Waals surface area (Å²) in [5, 5.41) is 3.40. The SMILES string of the molecule is CCNC(=NCC(c1ccco1)N(CC)CC)N1CCN(C(=O)c2ccco2)CC1. The summed E-state index contributed by atoms with van der Waals surface area (Å²) in [7, 11) is 0. The second kappa shape index (κ2) is 10.9. The lowest BCUT2D eigenvalue weighted by molar-refractivity contribution is 0.0657. The summed E-state index contributed by atoms with van der Waals surface area (Å²) in [6.07, 6.45) is 3.25. The topological polar surface area (TPSA) is 77.5 Å². The molecule has 3 rings (SSSR count). The minimum Gasteiger partial charge on any atom is -0.468 e. The van der Waals surface area contributed by atoms with Crippen molar-refractivity contribution in [3.63, 3.8) is 0 Å². The maximum absolute atomic E-state index is 12.5. The van der Waals surface area contributed by atoms with Crippen molar-refractivity contribution in [3.8, 4) is 0 Å². The van der Waals surface area contributed by atoms with Gasteiger partial charge in [0.05, 0.1) is 25.1 Å². The van der Waals surface area contributed by atoms with E-state index < -0.39 is 0 Å². The molecule has 1 fully saturated rings. The van der Waals surface area contributed by atoms with E-state index in [1.165, 1.54) is 6.26 Å². The number of piperazine rings is 1. The number of carbonyl (C=O) groups is 1. The molecule has 0 radical (unpaired) electrons. The van der Waals surface area contributed by atoms with Crippen molar-refractivity contribution in [1.82, 2.24) is 20.0 Å². The van der Waals surface area contributed by atoms with Crippen LogP contribution in [-0.4, -0.2) is 78.9 Å². The third kappa shape index (κ3) is 5.24. The van der Waals surface area contributed by atoms with Crippen molar-refractivity contribution in [2.45, 2.75) is 26.8 Å². The van der Waals surface area contributed by atoms with Crippen LogP contribution in [0.4, 0.5) is 0 Å². The lowest BCUT2D eigenvalue weighted by Crippen LogP contribution is -2.54. The van der Waals surface area contributed by atoms with Crippen LogP contribution in [0.3, 0.4) is 0 Å². The van der Waals surface area contributed by atoms with E-state index in [1.54, 1.807) is 18.4 Å². The van der Waals surface area contributed by atoms with E-state index in [-0.39, 0.29) is 11.9 Å². The molecule has 164 valence electrons. The normalized spacial score (nSPS) is 16.2. The number of carbonyl (C=O) groups excluding carboxylic acids is 1. The molecular weight excluding hydrogens is 382 g/mol. The lowest BCUT2D eigenvalue weighted by Gasteiger charge is -2.36. The van der Waals surface area contributed by atoms with Crippen LogP contribution in [0.15, 0.2) is 50.6 Å². The van der Waals surface area contributed by atoms with Crippen LogP contribution >= 0.6 is 0 Å². The van der Waals surface area contributed by atoms with E-state index in [0.29, 0.717) is 25.4 Å². The van der Waals surface area contributed by atoms with Gasteiger partial charge in [-0.05, 0) is 44.3 Å². The third-order valence-corrected chi connectivity index (χ3v) is 5.47. The standard InChI is InChI=1S/C22H33N5O3/c1-4-23-22(24-17-18(25(5-2)6-3)19-9-7-15-29-19)27-13-11-26(12-14-27)21(28)20-10-8-16-30-20/h7-10,15-16,18H,4-6,11-14,17H2,1-3H3,(H,23,24). The Morgan fingerprint density at radius 1 is 1.07 bits per heavy atom. The van der Waals surface area contributed by atoms with Crippen LogP contribution in [0.2, 0.25) is 0 Å². The first-order valence-electron chi connectivity index (χ1n) is 10.8. The number of hydrogen-bond donors (Lipinski definition) is 1. The Balaban J connectivity index is 1.66. The zero-order chi connectivity index (χ0) is 21.3. The molecule has 0 saturated carbocycles. The molecule has 1 saturated heterocycles. The summed E-state index contributed by atoms with van der Waals surface area (Å²) in [6.45, 7) is 12.4. The van der Waals surface area contributed by atoms with E-state index in [0.717, 1.165) is 44.4 Å². The zero-order valence-electron chi connectivity index (χ0n) is 18.2. The van der Waals surface area contributed by atoms with Crippen LogP contribution in [0, 0.1) is 0 Å². The fourth-order valence-electron chi connectivity index (χ4n) is 3.81. The first-order valence-corrected chi connectivity index (χ1v) is 10.8. The maximum Gasteiger partial charge on any atom is 0.289 e. The van der Waals surface area contributed by atoms with Crippen LogP contribution in [0.25, 0.3) is 0 Å². The lowest BCUT2D eigenvalue weighted by atomic mass is 10.2. The van der Waals surface area contributed by atoms with Gasteiger partial charge in [0.25, 0.3) is 5.91 Å². The van der Waals surface area contributed by atoms with Crippen molar-refractivity contribution in [2.75, 3.05) is 52.4 Å². The summed E-state index contributed by atoms with van der Waals surface area (Å²) in [5.41, 5.74) is 0. The number of nitrogens with one attached hydrogen (secondary N) is 1. The molecular formula is C22H33N5O3. The molecule has 1 atom stereocenters. The van der Waals surface area contributed by atoms with Crippen LogP contribution in [0.5, 0.6) is 0 Å². The minimum absolute atomic E-state index is 0.0546. The Bertz CT molecular complexity index is 776. The van der Waals surface area contributed by atoms with Gasteiger partial charge in [0, 0.05) is 32.7 Å². The van der Waals surface area contributed by atoms with E-state index >= 15 is 0 Å². The maximum atomic E-state index is 12.5. The van der Waals surface area contributed by atoms with Gasteiger partial charge in [0.15, 0.2) is 11.7 Å². The van der Waals surface area contributed by atoms with Gasteiger partial charge in [-0.15, -0.1) is 0 Å². The first kappa shape index (κ1) is 22.0. The largest absolute Gasteiger partial charge is 0.468 e. The number of rotatable bonds is 8. The Labute approximate surface area is 178 Å². The highest BCUT2D eigenvalue weighted by molar-refractivity contribution is 5.91. The van der Waals surface area contributed by atoms with Gasteiger partial charge in [-0.2, -0.15) is 0 Å². The fourth-order valence-corrected chi connectivity index (χ4v) is 3.81. The Morgan fingerprint density at radius 2 is 1.73 bits per heavy atom. The summed E-state index contributed by atoms with van der Waals surface area (Å²) < 4.78 is 10.9. The van der Waals surface area contributed by atoms with Gasteiger partial charge in [0.1, 0.15) is 5.76 Å². The molecule has 8 heteroatoms. The van der Waals surface area contributed by atoms with Crippen molar-refractivity contribution >= 4 is 11.9 Å². The molecule has 0 aliphatic carbocycles. The predicted octanol–water partition coefficient (Wildman–Crippen LogP) is 2.68. The number of guanidine groups is 1. The summed E-state index contributed by atoms with van der Waals surface area (Å²) in [5.74, 6) is 2.16. The number of nitrogens with zero attached hydrogens (tertiary/aromatic N) is 4. The predicted molar refractivity (Wildman–Crippen MR) is 117 cm³/mol. The number of aliphatic imine (C=N–C) groups is 1. The molecule has 1 unspecified atom stereocenters. The molecule has 0 bridgehead atoms. The highest BCUT2D eigenvalue weighted by Gasteiger charge is 2.26. The molecule has 2 aromatic rings. The first-order chi connectivity index (χ1) is 14.7. The Kier molecular flexibility index (Phi) is 7.96. The molecule has 1 N–H and O–H groups in total. The molecule has 3 heterocycles. The second-order valence-electron chi connectivity index (χ2n) is 7.20. The van der Waals surface area contributed by atoms with Gasteiger partial charge in [0.2, 0.25) is 0 Å². The van der Waals surface area contributed by atoms with Crippen molar-refractivity contribution in [2.24, 2.45) is 4.99 Å².